The third kappa shape index (κ3) is 27.9. The molecule has 0 bridgehead atoms. The summed E-state index contributed by atoms with van der Waals surface area (Å²) >= 11 is 0. The molecule has 0 saturated carbocycles. The Morgan fingerprint density at radius 2 is 0.878 bits per heavy atom. The quantitative estimate of drug-likeness (QED) is 0.0466. The Morgan fingerprint density at radius 1 is 0.561 bits per heavy atom. The normalized spacial score (nSPS) is 14.2. The monoisotopic (exact) mass is 605 g/mol. The maximum Gasteiger partial charge on any atom is 0.266 e. The standard InChI is InChI=1S/C33H67NO6S/c1-3-5-7-9-11-13-15-16-17-18-20-22-24-26-28-32(36)33(37)34-30(29-41(38,39)40)31(35)27-25-23-21-19-14-12-10-8-6-4-2/h30-32,35-36H,3-29H2,1-2H3,(H,34,37)(H,38,39,40). The van der Waals surface area contributed by atoms with E-state index in [0.29, 0.717) is 12.8 Å². The van der Waals surface area contributed by atoms with Crippen LogP contribution in [0.15, 0.2) is 0 Å². The minimum atomic E-state index is -4.39. The number of hydrogen-bond donors (Lipinski definition) is 4. The molecule has 0 saturated heterocycles. The molecule has 0 heterocycles. The average molecular weight is 606 g/mol. The summed E-state index contributed by atoms with van der Waals surface area (Å²) in [7, 11) is -4.39. The van der Waals surface area contributed by atoms with Crippen molar-refractivity contribution in [1.82, 2.24) is 5.32 Å². The smallest absolute Gasteiger partial charge is 0.266 e. The average Bonchev–Trinajstić information content (AvgIpc) is 2.92. The second-order valence-electron chi connectivity index (χ2n) is 12.3. The number of unbranched alkanes of at least 4 members (excludes halogenated alkanes) is 22. The van der Waals surface area contributed by atoms with Crippen molar-refractivity contribution in [3.05, 3.63) is 0 Å². The van der Waals surface area contributed by atoms with E-state index in [1.807, 2.05) is 0 Å². The minimum Gasteiger partial charge on any atom is -0.391 e. The summed E-state index contributed by atoms with van der Waals surface area (Å²) in [5, 5.41) is 23.3. The van der Waals surface area contributed by atoms with Crippen molar-refractivity contribution < 1.29 is 28.0 Å². The second-order valence-corrected chi connectivity index (χ2v) is 13.8. The summed E-state index contributed by atoms with van der Waals surface area (Å²) in [5.41, 5.74) is 0. The zero-order valence-electron chi connectivity index (χ0n) is 26.8. The van der Waals surface area contributed by atoms with Gasteiger partial charge in [0.15, 0.2) is 0 Å². The molecule has 7 nitrogen and oxygen atoms in total. The van der Waals surface area contributed by atoms with Gasteiger partial charge in [-0.15, -0.1) is 0 Å². The predicted molar refractivity (Wildman–Crippen MR) is 172 cm³/mol. The van der Waals surface area contributed by atoms with E-state index in [2.05, 4.69) is 19.2 Å². The van der Waals surface area contributed by atoms with Crippen LogP contribution in [0.5, 0.6) is 0 Å². The maximum atomic E-state index is 12.5. The molecule has 0 aromatic heterocycles. The van der Waals surface area contributed by atoms with E-state index in [-0.39, 0.29) is 0 Å². The SMILES string of the molecule is CCCCCCCCCCCCCCCCC(O)C(=O)NC(CS(=O)(=O)O)C(O)CCCCCCCCCCCC. The van der Waals surface area contributed by atoms with Gasteiger partial charge in [0.25, 0.3) is 10.1 Å². The molecule has 0 aromatic rings. The zero-order valence-corrected chi connectivity index (χ0v) is 27.6. The molecule has 8 heteroatoms. The van der Waals surface area contributed by atoms with Crippen molar-refractivity contribution in [1.29, 1.82) is 0 Å². The molecule has 0 aliphatic rings. The lowest BCUT2D eigenvalue weighted by Crippen LogP contribution is -2.50. The number of carbonyl (C=O) groups excluding carboxylic acids is 1. The van der Waals surface area contributed by atoms with Gasteiger partial charge in [-0.05, 0) is 12.8 Å². The lowest BCUT2D eigenvalue weighted by molar-refractivity contribution is -0.131. The van der Waals surface area contributed by atoms with Crippen LogP contribution < -0.4 is 5.32 Å². The van der Waals surface area contributed by atoms with Crippen molar-refractivity contribution >= 4 is 16.0 Å². The van der Waals surface area contributed by atoms with Crippen molar-refractivity contribution in [3.8, 4) is 0 Å². The first-order valence-corrected chi connectivity index (χ1v) is 18.9. The third-order valence-electron chi connectivity index (χ3n) is 8.17. The van der Waals surface area contributed by atoms with E-state index in [9.17, 15) is 28.0 Å². The van der Waals surface area contributed by atoms with Crippen LogP contribution >= 0.6 is 0 Å². The van der Waals surface area contributed by atoms with Crippen LogP contribution in [0, 0.1) is 0 Å². The van der Waals surface area contributed by atoms with Gasteiger partial charge in [-0.2, -0.15) is 8.42 Å². The second kappa shape index (κ2) is 28.1. The van der Waals surface area contributed by atoms with E-state index in [1.165, 1.54) is 109 Å². The Kier molecular flexibility index (Phi) is 27.6. The van der Waals surface area contributed by atoms with Gasteiger partial charge in [0.2, 0.25) is 5.91 Å². The summed E-state index contributed by atoms with van der Waals surface area (Å²) in [6.45, 7) is 4.46. The molecular weight excluding hydrogens is 538 g/mol. The first-order chi connectivity index (χ1) is 19.7. The first-order valence-electron chi connectivity index (χ1n) is 17.3. The summed E-state index contributed by atoms with van der Waals surface area (Å²) in [5.74, 6) is -1.45. The lowest BCUT2D eigenvalue weighted by atomic mass is 10.0. The van der Waals surface area contributed by atoms with Crippen molar-refractivity contribution in [2.75, 3.05) is 5.75 Å². The number of aliphatic hydroxyl groups excluding tert-OH is 2. The van der Waals surface area contributed by atoms with Crippen LogP contribution in [-0.4, -0.2) is 53.1 Å². The molecule has 3 unspecified atom stereocenters. The minimum absolute atomic E-state index is 0.303. The van der Waals surface area contributed by atoms with E-state index >= 15 is 0 Å². The Bertz CT molecular complexity index is 687. The molecule has 0 aliphatic heterocycles. The topological polar surface area (TPSA) is 124 Å². The molecule has 0 fully saturated rings. The van der Waals surface area contributed by atoms with Crippen LogP contribution in [0.2, 0.25) is 0 Å². The number of hydrogen-bond acceptors (Lipinski definition) is 5. The molecule has 0 rings (SSSR count). The highest BCUT2D eigenvalue weighted by molar-refractivity contribution is 7.85. The van der Waals surface area contributed by atoms with Gasteiger partial charge in [0.1, 0.15) is 6.10 Å². The van der Waals surface area contributed by atoms with Crippen molar-refractivity contribution in [3.63, 3.8) is 0 Å². The maximum absolute atomic E-state index is 12.5. The molecule has 0 radical (unpaired) electrons. The first kappa shape index (κ1) is 40.3. The fourth-order valence-corrected chi connectivity index (χ4v) is 6.22. The lowest BCUT2D eigenvalue weighted by Gasteiger charge is -2.24. The molecule has 0 aliphatic carbocycles. The summed E-state index contributed by atoms with van der Waals surface area (Å²) in [4.78, 5) is 12.5. The summed E-state index contributed by atoms with van der Waals surface area (Å²) < 4.78 is 32.3. The molecule has 4 N–H and O–H groups in total. The Morgan fingerprint density at radius 3 is 1.22 bits per heavy atom. The third-order valence-corrected chi connectivity index (χ3v) is 8.95. The predicted octanol–water partition coefficient (Wildman–Crippen LogP) is 8.26. The highest BCUT2D eigenvalue weighted by atomic mass is 32.2. The van der Waals surface area contributed by atoms with Crippen LogP contribution in [-0.2, 0) is 14.9 Å². The fourth-order valence-electron chi connectivity index (χ4n) is 5.46. The molecule has 1 amide bonds. The van der Waals surface area contributed by atoms with E-state index < -0.39 is 40.0 Å². The number of aliphatic hydroxyl groups is 2. The number of rotatable bonds is 31. The molecule has 0 spiro atoms. The highest BCUT2D eigenvalue weighted by Gasteiger charge is 2.28. The van der Waals surface area contributed by atoms with Gasteiger partial charge in [-0.25, -0.2) is 0 Å². The van der Waals surface area contributed by atoms with Gasteiger partial charge in [0, 0.05) is 0 Å². The zero-order chi connectivity index (χ0) is 30.6. The Hall–Kier alpha value is -0.700. The van der Waals surface area contributed by atoms with E-state index in [1.54, 1.807) is 0 Å². The fraction of sp³-hybridized carbons (Fsp3) is 0.970. The van der Waals surface area contributed by atoms with E-state index in [0.717, 1.165) is 44.9 Å². The largest absolute Gasteiger partial charge is 0.391 e. The van der Waals surface area contributed by atoms with E-state index in [4.69, 9.17) is 0 Å². The van der Waals surface area contributed by atoms with Gasteiger partial charge in [0.05, 0.1) is 17.9 Å². The summed E-state index contributed by atoms with van der Waals surface area (Å²) in [6.07, 6.45) is 26.9. The van der Waals surface area contributed by atoms with Crippen LogP contribution in [0.4, 0.5) is 0 Å². The number of nitrogens with one attached hydrogen (secondary N) is 1. The number of carbonyl (C=O) groups is 1. The molecular formula is C33H67NO6S. The molecule has 0 aromatic carbocycles. The Labute approximate surface area is 253 Å². The Balaban J connectivity index is 4.05. The summed E-state index contributed by atoms with van der Waals surface area (Å²) in [6, 6.07) is -1.14. The van der Waals surface area contributed by atoms with Gasteiger partial charge in [-0.3, -0.25) is 9.35 Å². The van der Waals surface area contributed by atoms with Gasteiger partial charge in [-0.1, -0.05) is 168 Å². The van der Waals surface area contributed by atoms with Gasteiger partial charge >= 0.3 is 0 Å². The highest BCUT2D eigenvalue weighted by Crippen LogP contribution is 2.16. The van der Waals surface area contributed by atoms with Crippen LogP contribution in [0.1, 0.15) is 181 Å². The van der Waals surface area contributed by atoms with Crippen LogP contribution in [0.3, 0.4) is 0 Å². The van der Waals surface area contributed by atoms with Crippen molar-refractivity contribution in [2.24, 2.45) is 0 Å². The van der Waals surface area contributed by atoms with Crippen LogP contribution in [0.25, 0.3) is 0 Å². The molecule has 3 atom stereocenters. The van der Waals surface area contributed by atoms with Gasteiger partial charge < -0.3 is 15.5 Å². The van der Waals surface area contributed by atoms with Crippen molar-refractivity contribution in [2.45, 2.75) is 199 Å². The molecule has 246 valence electrons. The molecule has 41 heavy (non-hydrogen) atoms. The number of amides is 1.